The molecule has 158 valence electrons. The predicted octanol–water partition coefficient (Wildman–Crippen LogP) is 3.88. The SMILES string of the molecule is CC(C)Oc1ccc(C(=O)N2CCC3(CC2)c2ccc(Cl)n2CCN3C)cc1C#N. The molecular formula is C23H27ClN4O2. The van der Waals surface area contributed by atoms with Gasteiger partial charge in [0.15, 0.2) is 0 Å². The molecule has 0 aliphatic carbocycles. The van der Waals surface area contributed by atoms with Crippen molar-refractivity contribution in [3.05, 3.63) is 52.3 Å². The summed E-state index contributed by atoms with van der Waals surface area (Å²) in [6.07, 6.45) is 1.68. The van der Waals surface area contributed by atoms with Gasteiger partial charge in [0.2, 0.25) is 0 Å². The molecule has 0 bridgehead atoms. The van der Waals surface area contributed by atoms with E-state index in [0.717, 1.165) is 31.1 Å². The molecule has 0 unspecified atom stereocenters. The molecule has 2 aliphatic heterocycles. The Morgan fingerprint density at radius 3 is 2.57 bits per heavy atom. The molecule has 2 aliphatic rings. The number of hydrogen-bond acceptors (Lipinski definition) is 4. The van der Waals surface area contributed by atoms with Gasteiger partial charge in [-0.2, -0.15) is 5.26 Å². The number of carbonyl (C=O) groups is 1. The van der Waals surface area contributed by atoms with Gasteiger partial charge in [0.25, 0.3) is 5.91 Å². The molecule has 1 fully saturated rings. The second-order valence-corrected chi connectivity index (χ2v) is 8.81. The van der Waals surface area contributed by atoms with Crippen LogP contribution in [0.15, 0.2) is 30.3 Å². The summed E-state index contributed by atoms with van der Waals surface area (Å²) < 4.78 is 7.87. The summed E-state index contributed by atoms with van der Waals surface area (Å²) in [5, 5.41) is 10.2. The Hall–Kier alpha value is -2.49. The molecule has 0 saturated carbocycles. The number of carbonyl (C=O) groups excluding carboxylic acids is 1. The first-order chi connectivity index (χ1) is 14.4. The van der Waals surface area contributed by atoms with Crippen molar-refractivity contribution in [3.8, 4) is 11.8 Å². The molecule has 0 radical (unpaired) electrons. The van der Waals surface area contributed by atoms with E-state index in [4.69, 9.17) is 16.3 Å². The molecular weight excluding hydrogens is 400 g/mol. The number of halogens is 1. The maximum Gasteiger partial charge on any atom is 0.253 e. The van der Waals surface area contributed by atoms with Crippen LogP contribution in [0.2, 0.25) is 5.15 Å². The number of nitriles is 1. The minimum atomic E-state index is -0.0883. The summed E-state index contributed by atoms with van der Waals surface area (Å²) >= 11 is 6.38. The molecule has 7 heteroatoms. The number of piperidine rings is 1. The van der Waals surface area contributed by atoms with Crippen molar-refractivity contribution < 1.29 is 9.53 Å². The van der Waals surface area contributed by atoms with Gasteiger partial charge in [-0.15, -0.1) is 0 Å². The zero-order chi connectivity index (χ0) is 21.5. The number of ether oxygens (including phenoxy) is 1. The van der Waals surface area contributed by atoms with Crippen LogP contribution in [-0.4, -0.2) is 53.1 Å². The lowest BCUT2D eigenvalue weighted by Crippen LogP contribution is -2.56. The van der Waals surface area contributed by atoms with Crippen LogP contribution < -0.4 is 4.74 Å². The maximum absolute atomic E-state index is 13.1. The zero-order valence-corrected chi connectivity index (χ0v) is 18.4. The minimum Gasteiger partial charge on any atom is -0.490 e. The van der Waals surface area contributed by atoms with Crippen LogP contribution in [0.5, 0.6) is 5.75 Å². The molecule has 1 aromatic heterocycles. The fraction of sp³-hybridized carbons (Fsp3) is 0.478. The number of likely N-dealkylation sites (tertiary alicyclic amines) is 1. The predicted molar refractivity (Wildman–Crippen MR) is 116 cm³/mol. The number of hydrogen-bond donors (Lipinski definition) is 0. The number of aromatic nitrogens is 1. The van der Waals surface area contributed by atoms with Crippen LogP contribution in [0.1, 0.15) is 48.3 Å². The monoisotopic (exact) mass is 426 g/mol. The molecule has 1 aromatic carbocycles. The Morgan fingerprint density at radius 2 is 1.90 bits per heavy atom. The number of rotatable bonds is 3. The van der Waals surface area contributed by atoms with Crippen molar-refractivity contribution in [1.82, 2.24) is 14.4 Å². The van der Waals surface area contributed by atoms with Crippen molar-refractivity contribution in [2.24, 2.45) is 0 Å². The lowest BCUT2D eigenvalue weighted by Gasteiger charge is -2.50. The van der Waals surface area contributed by atoms with E-state index in [9.17, 15) is 10.1 Å². The van der Waals surface area contributed by atoms with E-state index in [-0.39, 0.29) is 17.6 Å². The Kier molecular flexibility index (Phi) is 5.52. The molecule has 1 amide bonds. The first-order valence-electron chi connectivity index (χ1n) is 10.4. The molecule has 4 rings (SSSR count). The van der Waals surface area contributed by atoms with E-state index < -0.39 is 0 Å². The highest BCUT2D eigenvalue weighted by Crippen LogP contribution is 2.42. The third kappa shape index (κ3) is 3.46. The molecule has 0 N–H and O–H groups in total. The quantitative estimate of drug-likeness (QED) is 0.747. The van der Waals surface area contributed by atoms with E-state index in [1.807, 2.05) is 24.8 Å². The van der Waals surface area contributed by atoms with E-state index in [1.54, 1.807) is 18.2 Å². The number of nitrogens with zero attached hydrogens (tertiary/aromatic N) is 4. The normalized spacial score (nSPS) is 18.3. The van der Waals surface area contributed by atoms with Gasteiger partial charge in [-0.1, -0.05) is 11.6 Å². The number of fused-ring (bicyclic) bond motifs is 2. The van der Waals surface area contributed by atoms with E-state index in [0.29, 0.717) is 30.0 Å². The van der Waals surface area contributed by atoms with Crippen molar-refractivity contribution in [1.29, 1.82) is 5.26 Å². The summed E-state index contributed by atoms with van der Waals surface area (Å²) in [5.74, 6) is 0.479. The van der Waals surface area contributed by atoms with Crippen molar-refractivity contribution in [2.75, 3.05) is 26.7 Å². The largest absolute Gasteiger partial charge is 0.490 e. The zero-order valence-electron chi connectivity index (χ0n) is 17.7. The topological polar surface area (TPSA) is 61.5 Å². The highest BCUT2D eigenvalue weighted by atomic mass is 35.5. The second-order valence-electron chi connectivity index (χ2n) is 8.43. The van der Waals surface area contributed by atoms with Gasteiger partial charge in [-0.05, 0) is 64.1 Å². The van der Waals surface area contributed by atoms with Crippen LogP contribution in [0.3, 0.4) is 0 Å². The van der Waals surface area contributed by atoms with Gasteiger partial charge in [0.1, 0.15) is 17.0 Å². The highest BCUT2D eigenvalue weighted by molar-refractivity contribution is 6.29. The second kappa shape index (κ2) is 7.98. The molecule has 30 heavy (non-hydrogen) atoms. The van der Waals surface area contributed by atoms with Gasteiger partial charge >= 0.3 is 0 Å². The molecule has 2 aromatic rings. The summed E-state index contributed by atoms with van der Waals surface area (Å²) in [4.78, 5) is 17.4. The van der Waals surface area contributed by atoms with Crippen LogP contribution in [-0.2, 0) is 12.1 Å². The summed E-state index contributed by atoms with van der Waals surface area (Å²) in [6, 6.07) is 11.4. The van der Waals surface area contributed by atoms with Gasteiger partial charge in [0.05, 0.1) is 17.2 Å². The van der Waals surface area contributed by atoms with E-state index in [1.165, 1.54) is 5.69 Å². The third-order valence-electron chi connectivity index (χ3n) is 6.38. The smallest absolute Gasteiger partial charge is 0.253 e. The van der Waals surface area contributed by atoms with Gasteiger partial charge in [-0.3, -0.25) is 9.69 Å². The van der Waals surface area contributed by atoms with Crippen LogP contribution in [0.4, 0.5) is 0 Å². The average molecular weight is 427 g/mol. The number of amides is 1. The van der Waals surface area contributed by atoms with Crippen molar-refractivity contribution in [2.45, 2.75) is 44.9 Å². The van der Waals surface area contributed by atoms with Gasteiger partial charge in [0, 0.05) is 37.4 Å². The fourth-order valence-corrected chi connectivity index (χ4v) is 4.98. The van der Waals surface area contributed by atoms with Crippen molar-refractivity contribution in [3.63, 3.8) is 0 Å². The van der Waals surface area contributed by atoms with Gasteiger partial charge < -0.3 is 14.2 Å². The Morgan fingerprint density at radius 1 is 1.17 bits per heavy atom. The fourth-order valence-electron chi connectivity index (χ4n) is 4.74. The Bertz CT molecular complexity index is 999. The van der Waals surface area contributed by atoms with Crippen LogP contribution in [0, 0.1) is 11.3 Å². The first kappa shape index (κ1) is 20.8. The average Bonchev–Trinajstić information content (AvgIpc) is 3.12. The van der Waals surface area contributed by atoms with E-state index >= 15 is 0 Å². The number of likely N-dealkylation sites (N-methyl/N-ethyl adjacent to an activating group) is 1. The van der Waals surface area contributed by atoms with Crippen LogP contribution >= 0.6 is 11.6 Å². The molecule has 1 spiro atoms. The van der Waals surface area contributed by atoms with Crippen LogP contribution in [0.25, 0.3) is 0 Å². The summed E-state index contributed by atoms with van der Waals surface area (Å²) in [5.41, 5.74) is 2.08. The maximum atomic E-state index is 13.1. The number of benzene rings is 1. The van der Waals surface area contributed by atoms with Crippen molar-refractivity contribution >= 4 is 17.5 Å². The summed E-state index contributed by atoms with van der Waals surface area (Å²) in [6.45, 7) is 6.99. The Balaban J connectivity index is 1.52. The standard InChI is InChI=1S/C23H27ClN4O2/c1-16(2)30-19-5-4-17(14-18(19)15-25)22(29)27-10-8-23(9-11-27)20-6-7-21(24)28(20)13-12-26(23)3/h4-7,14,16H,8-13H2,1-3H3. The molecule has 1 saturated heterocycles. The van der Waals surface area contributed by atoms with E-state index in [2.05, 4.69) is 28.7 Å². The first-order valence-corrected chi connectivity index (χ1v) is 10.8. The summed E-state index contributed by atoms with van der Waals surface area (Å²) in [7, 11) is 2.16. The van der Waals surface area contributed by atoms with Gasteiger partial charge in [-0.25, -0.2) is 0 Å². The molecule has 6 nitrogen and oxygen atoms in total. The highest BCUT2D eigenvalue weighted by Gasteiger charge is 2.44. The lowest BCUT2D eigenvalue weighted by molar-refractivity contribution is 0.0132. The lowest BCUT2D eigenvalue weighted by atomic mass is 9.81. The third-order valence-corrected chi connectivity index (χ3v) is 6.71. The molecule has 0 atom stereocenters. The Labute approximate surface area is 182 Å². The minimum absolute atomic E-state index is 0.0307. The molecule has 3 heterocycles.